The number of fused-ring (bicyclic) bond motifs is 3. The van der Waals surface area contributed by atoms with Crippen LogP contribution in [0, 0.1) is 0 Å². The lowest BCUT2D eigenvalue weighted by Gasteiger charge is -2.10. The van der Waals surface area contributed by atoms with Crippen molar-refractivity contribution in [3.63, 3.8) is 0 Å². The Labute approximate surface area is 122 Å². The van der Waals surface area contributed by atoms with Gasteiger partial charge in [-0.05, 0) is 12.1 Å². The lowest BCUT2D eigenvalue weighted by atomic mass is 10.1. The first-order valence-electron chi connectivity index (χ1n) is 5.92. The highest BCUT2D eigenvalue weighted by atomic mass is 32.2. The van der Waals surface area contributed by atoms with Crippen molar-refractivity contribution in [2.24, 2.45) is 0 Å². The molecule has 3 aromatic rings. The molecule has 0 N–H and O–H groups in total. The summed E-state index contributed by atoms with van der Waals surface area (Å²) in [6.07, 6.45) is 2.47. The Hall–Kier alpha value is -2.42. The lowest BCUT2D eigenvalue weighted by Crippen LogP contribution is -2.28. The summed E-state index contributed by atoms with van der Waals surface area (Å²) < 4.78 is 62.9. The van der Waals surface area contributed by atoms with Crippen molar-refractivity contribution in [1.82, 2.24) is 9.97 Å². The van der Waals surface area contributed by atoms with E-state index in [-0.39, 0.29) is 0 Å². The maximum Gasteiger partial charge on any atom is 0.534 e. The van der Waals surface area contributed by atoms with E-state index in [9.17, 15) is 21.6 Å². The summed E-state index contributed by atoms with van der Waals surface area (Å²) in [5.74, 6) is -0.514. The third-order valence-electron chi connectivity index (χ3n) is 2.89. The monoisotopic (exact) mass is 328 g/mol. The molecule has 0 amide bonds. The first-order valence-corrected chi connectivity index (χ1v) is 7.33. The molecule has 0 saturated heterocycles. The van der Waals surface area contributed by atoms with E-state index >= 15 is 0 Å². The van der Waals surface area contributed by atoms with Crippen LogP contribution in [-0.4, -0.2) is 23.9 Å². The van der Waals surface area contributed by atoms with Gasteiger partial charge in [0.25, 0.3) is 0 Å². The van der Waals surface area contributed by atoms with E-state index in [0.717, 1.165) is 11.6 Å². The zero-order valence-electron chi connectivity index (χ0n) is 10.7. The molecule has 22 heavy (non-hydrogen) atoms. The molecule has 1 aromatic carbocycles. The summed E-state index contributed by atoms with van der Waals surface area (Å²) >= 11 is 0. The summed E-state index contributed by atoms with van der Waals surface area (Å²) in [6, 6.07) is 8.01. The van der Waals surface area contributed by atoms with Crippen LogP contribution in [0.1, 0.15) is 0 Å². The second-order valence-electron chi connectivity index (χ2n) is 4.37. The molecule has 114 valence electrons. The summed E-state index contributed by atoms with van der Waals surface area (Å²) in [4.78, 5) is 8.11. The van der Waals surface area contributed by atoms with Crippen LogP contribution in [0.4, 0.5) is 13.2 Å². The maximum absolute atomic E-state index is 12.3. The molecule has 2 aromatic heterocycles. The number of pyridine rings is 2. The van der Waals surface area contributed by atoms with Crippen LogP contribution < -0.4 is 4.18 Å². The van der Waals surface area contributed by atoms with Gasteiger partial charge in [0.1, 0.15) is 0 Å². The molecule has 2 heterocycles. The van der Waals surface area contributed by atoms with Gasteiger partial charge in [0.05, 0.1) is 17.2 Å². The zero-order valence-corrected chi connectivity index (χ0v) is 11.5. The number of rotatable bonds is 2. The first-order chi connectivity index (χ1) is 10.3. The van der Waals surface area contributed by atoms with Gasteiger partial charge in [0, 0.05) is 17.0 Å². The molecule has 0 fully saturated rings. The standard InChI is InChI=1S/C13H7F3N2O3S/c14-13(15,16)22(19,20)21-10-6-9-4-3-8-2-1-5-17-11(8)12(9)18-7-10/h1-7H. The van der Waals surface area contributed by atoms with Crippen molar-refractivity contribution in [1.29, 1.82) is 0 Å². The lowest BCUT2D eigenvalue weighted by molar-refractivity contribution is -0.0500. The van der Waals surface area contributed by atoms with Gasteiger partial charge >= 0.3 is 15.6 Å². The van der Waals surface area contributed by atoms with Crippen molar-refractivity contribution in [2.45, 2.75) is 5.51 Å². The van der Waals surface area contributed by atoms with Crippen LogP contribution in [0.5, 0.6) is 5.75 Å². The van der Waals surface area contributed by atoms with Crippen LogP contribution in [0.2, 0.25) is 0 Å². The fraction of sp³-hybridized carbons (Fsp3) is 0.0769. The van der Waals surface area contributed by atoms with E-state index in [0.29, 0.717) is 16.4 Å². The van der Waals surface area contributed by atoms with Gasteiger partial charge in [-0.2, -0.15) is 21.6 Å². The Morgan fingerprint density at radius 2 is 1.68 bits per heavy atom. The molecular formula is C13H7F3N2O3S. The molecule has 9 heteroatoms. The molecule has 5 nitrogen and oxygen atoms in total. The summed E-state index contributed by atoms with van der Waals surface area (Å²) in [5.41, 5.74) is -4.49. The van der Waals surface area contributed by atoms with E-state index < -0.39 is 21.4 Å². The van der Waals surface area contributed by atoms with E-state index in [4.69, 9.17) is 0 Å². The minimum absolute atomic E-state index is 0.418. The number of benzene rings is 1. The van der Waals surface area contributed by atoms with E-state index in [1.165, 1.54) is 6.07 Å². The van der Waals surface area contributed by atoms with Crippen molar-refractivity contribution >= 4 is 31.9 Å². The highest BCUT2D eigenvalue weighted by Gasteiger charge is 2.48. The molecule has 0 bridgehead atoms. The summed E-state index contributed by atoms with van der Waals surface area (Å²) in [6.45, 7) is 0. The summed E-state index contributed by atoms with van der Waals surface area (Å²) in [5, 5.41) is 1.22. The van der Waals surface area contributed by atoms with Crippen molar-refractivity contribution < 1.29 is 25.8 Å². The van der Waals surface area contributed by atoms with Crippen LogP contribution in [-0.2, 0) is 10.1 Å². The van der Waals surface area contributed by atoms with Crippen molar-refractivity contribution in [3.05, 3.63) is 42.7 Å². The van der Waals surface area contributed by atoms with E-state index in [1.807, 2.05) is 6.07 Å². The van der Waals surface area contributed by atoms with Gasteiger partial charge in [-0.25, -0.2) is 0 Å². The fourth-order valence-electron chi connectivity index (χ4n) is 1.94. The third kappa shape index (κ3) is 2.43. The van der Waals surface area contributed by atoms with E-state index in [2.05, 4.69) is 14.2 Å². The average molecular weight is 328 g/mol. The highest BCUT2D eigenvalue weighted by Crippen LogP contribution is 2.29. The van der Waals surface area contributed by atoms with Gasteiger partial charge in [0.15, 0.2) is 5.75 Å². The Morgan fingerprint density at radius 1 is 1.00 bits per heavy atom. The van der Waals surface area contributed by atoms with Gasteiger partial charge in [0.2, 0.25) is 0 Å². The Bertz CT molecular complexity index is 971. The van der Waals surface area contributed by atoms with Gasteiger partial charge < -0.3 is 4.18 Å². The molecule has 0 unspecified atom stereocenters. The largest absolute Gasteiger partial charge is 0.534 e. The topological polar surface area (TPSA) is 69.2 Å². The Morgan fingerprint density at radius 3 is 2.41 bits per heavy atom. The number of alkyl halides is 3. The maximum atomic E-state index is 12.3. The molecule has 0 saturated carbocycles. The normalized spacial score (nSPS) is 12.7. The molecular weight excluding hydrogens is 321 g/mol. The molecule has 0 aliphatic rings. The van der Waals surface area contributed by atoms with Crippen LogP contribution in [0.25, 0.3) is 21.8 Å². The number of hydrogen-bond acceptors (Lipinski definition) is 5. The third-order valence-corrected chi connectivity index (χ3v) is 3.87. The second-order valence-corrected chi connectivity index (χ2v) is 5.90. The minimum Gasteiger partial charge on any atom is -0.374 e. The van der Waals surface area contributed by atoms with E-state index in [1.54, 1.807) is 24.4 Å². The Kier molecular flexibility index (Phi) is 3.17. The van der Waals surface area contributed by atoms with Crippen LogP contribution in [0.3, 0.4) is 0 Å². The Balaban J connectivity index is 2.10. The second kappa shape index (κ2) is 4.80. The predicted octanol–water partition coefficient (Wildman–Crippen LogP) is 3.01. The molecule has 0 aliphatic heterocycles. The van der Waals surface area contributed by atoms with Crippen molar-refractivity contribution in [3.8, 4) is 5.75 Å². The van der Waals surface area contributed by atoms with Crippen LogP contribution >= 0.6 is 0 Å². The number of halogens is 3. The van der Waals surface area contributed by atoms with Gasteiger partial charge in [-0.1, -0.05) is 18.2 Å². The van der Waals surface area contributed by atoms with Gasteiger partial charge in [-0.3, -0.25) is 9.97 Å². The molecule has 0 radical (unpaired) electrons. The average Bonchev–Trinajstić information content (AvgIpc) is 2.45. The van der Waals surface area contributed by atoms with Gasteiger partial charge in [-0.15, -0.1) is 0 Å². The van der Waals surface area contributed by atoms with Crippen molar-refractivity contribution in [2.75, 3.05) is 0 Å². The number of nitrogens with zero attached hydrogens (tertiary/aromatic N) is 2. The zero-order chi connectivity index (χ0) is 16.0. The molecule has 3 rings (SSSR count). The fourth-order valence-corrected chi connectivity index (χ4v) is 2.37. The number of hydrogen-bond donors (Lipinski definition) is 0. The molecule has 0 atom stereocenters. The quantitative estimate of drug-likeness (QED) is 0.411. The molecule has 0 aliphatic carbocycles. The smallest absolute Gasteiger partial charge is 0.374 e. The first kappa shape index (κ1) is 14.5. The predicted molar refractivity (Wildman–Crippen MR) is 72.6 cm³/mol. The SMILES string of the molecule is O=S(=O)(Oc1cnc2c(ccc3cccnc32)c1)C(F)(F)F. The van der Waals surface area contributed by atoms with Crippen LogP contribution in [0.15, 0.2) is 42.7 Å². The highest BCUT2D eigenvalue weighted by molar-refractivity contribution is 7.88. The summed E-state index contributed by atoms with van der Waals surface area (Å²) in [7, 11) is -5.72. The number of aromatic nitrogens is 2. The molecule has 0 spiro atoms. The minimum atomic E-state index is -5.72.